The molecule has 1 aromatic heterocycles. The van der Waals surface area contributed by atoms with Crippen LogP contribution in [-0.2, 0) is 24.0 Å². The minimum Gasteiger partial charge on any atom is -0.465 e. The highest BCUT2D eigenvalue weighted by atomic mass is 16.7. The fourth-order valence-corrected chi connectivity index (χ4v) is 1.69. The van der Waals surface area contributed by atoms with Crippen molar-refractivity contribution >= 4 is 29.8 Å². The van der Waals surface area contributed by atoms with Crippen molar-refractivity contribution in [2.45, 2.75) is 25.8 Å². The first-order valence-electron chi connectivity index (χ1n) is 6.57. The average Bonchev–Trinajstić information content (AvgIpc) is 3.10. The van der Waals surface area contributed by atoms with E-state index in [0.717, 1.165) is 0 Å². The van der Waals surface area contributed by atoms with E-state index in [2.05, 4.69) is 10.2 Å². The molecule has 1 unspecified atom stereocenters. The molecule has 22 heavy (non-hydrogen) atoms. The minimum absolute atomic E-state index is 0.0126. The predicted octanol–water partition coefficient (Wildman–Crippen LogP) is 0.405. The SMILES string of the molecule is CC(NC(=O)C=Cc1ccco1)C(=O)ON1C(=O)CCC1=O. The van der Waals surface area contributed by atoms with Gasteiger partial charge in [0.15, 0.2) is 0 Å². The number of carbonyl (C=O) groups is 4. The first kappa shape index (κ1) is 15.5. The highest BCUT2D eigenvalue weighted by Gasteiger charge is 2.34. The van der Waals surface area contributed by atoms with E-state index in [1.165, 1.54) is 25.3 Å². The summed E-state index contributed by atoms with van der Waals surface area (Å²) < 4.78 is 5.01. The molecule has 1 fully saturated rings. The van der Waals surface area contributed by atoms with Crippen molar-refractivity contribution in [3.63, 3.8) is 0 Å². The lowest BCUT2D eigenvalue weighted by Gasteiger charge is -2.16. The molecule has 2 heterocycles. The molecule has 0 spiro atoms. The molecule has 1 aliphatic rings. The highest BCUT2D eigenvalue weighted by molar-refractivity contribution is 6.02. The van der Waals surface area contributed by atoms with E-state index in [1.807, 2.05) is 0 Å². The lowest BCUT2D eigenvalue weighted by Crippen LogP contribution is -2.43. The van der Waals surface area contributed by atoms with Crippen LogP contribution in [0.15, 0.2) is 28.9 Å². The number of carbonyl (C=O) groups excluding carboxylic acids is 4. The molecule has 1 aromatic rings. The van der Waals surface area contributed by atoms with Crippen LogP contribution >= 0.6 is 0 Å². The number of imide groups is 1. The van der Waals surface area contributed by atoms with Gasteiger partial charge in [0.05, 0.1) is 6.26 Å². The first-order chi connectivity index (χ1) is 10.5. The molecule has 8 nitrogen and oxygen atoms in total. The molecular weight excluding hydrogens is 292 g/mol. The maximum atomic E-state index is 11.7. The second-order valence-electron chi connectivity index (χ2n) is 4.57. The second kappa shape index (κ2) is 6.70. The summed E-state index contributed by atoms with van der Waals surface area (Å²) >= 11 is 0. The number of hydrogen-bond acceptors (Lipinski definition) is 6. The topological polar surface area (TPSA) is 106 Å². The number of nitrogens with one attached hydrogen (secondary N) is 1. The van der Waals surface area contributed by atoms with Gasteiger partial charge in [-0.1, -0.05) is 0 Å². The lowest BCUT2D eigenvalue weighted by molar-refractivity contribution is -0.198. The van der Waals surface area contributed by atoms with Crippen LogP contribution < -0.4 is 5.32 Å². The number of hydrogen-bond donors (Lipinski definition) is 1. The van der Waals surface area contributed by atoms with Crippen molar-refractivity contribution in [1.29, 1.82) is 0 Å². The van der Waals surface area contributed by atoms with Crippen molar-refractivity contribution in [1.82, 2.24) is 10.4 Å². The van der Waals surface area contributed by atoms with Crippen molar-refractivity contribution < 1.29 is 28.4 Å². The molecule has 0 aliphatic carbocycles. The Morgan fingerprint density at radius 3 is 2.64 bits per heavy atom. The van der Waals surface area contributed by atoms with Crippen LogP contribution in [0.25, 0.3) is 6.08 Å². The highest BCUT2D eigenvalue weighted by Crippen LogP contribution is 2.12. The van der Waals surface area contributed by atoms with E-state index in [-0.39, 0.29) is 12.8 Å². The number of rotatable bonds is 5. The van der Waals surface area contributed by atoms with Crippen LogP contribution in [0.4, 0.5) is 0 Å². The Hall–Kier alpha value is -2.90. The van der Waals surface area contributed by atoms with E-state index in [0.29, 0.717) is 10.8 Å². The lowest BCUT2D eigenvalue weighted by atomic mass is 10.3. The van der Waals surface area contributed by atoms with E-state index >= 15 is 0 Å². The minimum atomic E-state index is -1.02. The molecule has 8 heteroatoms. The first-order valence-corrected chi connectivity index (χ1v) is 6.57. The van der Waals surface area contributed by atoms with E-state index in [4.69, 9.17) is 4.42 Å². The van der Waals surface area contributed by atoms with Crippen LogP contribution in [-0.4, -0.2) is 34.8 Å². The Bertz CT molecular complexity index is 603. The monoisotopic (exact) mass is 306 g/mol. The van der Waals surface area contributed by atoms with Crippen LogP contribution in [0, 0.1) is 0 Å². The smallest absolute Gasteiger partial charge is 0.354 e. The summed E-state index contributed by atoms with van der Waals surface area (Å²) in [6, 6.07) is 2.31. The molecule has 1 saturated heterocycles. The van der Waals surface area contributed by atoms with Gasteiger partial charge >= 0.3 is 5.97 Å². The average molecular weight is 306 g/mol. The Morgan fingerprint density at radius 2 is 2.05 bits per heavy atom. The summed E-state index contributed by atoms with van der Waals surface area (Å²) in [7, 11) is 0. The maximum Gasteiger partial charge on any atom is 0.354 e. The molecule has 0 saturated carbocycles. The fraction of sp³-hybridized carbons (Fsp3) is 0.286. The third-order valence-electron chi connectivity index (χ3n) is 2.84. The van der Waals surface area contributed by atoms with Gasteiger partial charge in [0, 0.05) is 18.9 Å². The molecule has 1 atom stereocenters. The van der Waals surface area contributed by atoms with Crippen LogP contribution in [0.1, 0.15) is 25.5 Å². The summed E-state index contributed by atoms with van der Waals surface area (Å²) in [6.45, 7) is 1.38. The van der Waals surface area contributed by atoms with Crippen molar-refractivity contribution in [2.75, 3.05) is 0 Å². The molecule has 0 aromatic carbocycles. The van der Waals surface area contributed by atoms with Gasteiger partial charge in [-0.25, -0.2) is 4.79 Å². The fourth-order valence-electron chi connectivity index (χ4n) is 1.69. The Balaban J connectivity index is 1.84. The molecule has 1 N–H and O–H groups in total. The number of nitrogens with zero attached hydrogens (tertiary/aromatic N) is 1. The molecule has 116 valence electrons. The molecule has 2 rings (SSSR count). The Morgan fingerprint density at radius 1 is 1.36 bits per heavy atom. The summed E-state index contributed by atoms with van der Waals surface area (Å²) in [5, 5.41) is 2.79. The van der Waals surface area contributed by atoms with Gasteiger partial charge in [0.25, 0.3) is 11.8 Å². The standard InChI is InChI=1S/C14H14N2O6/c1-9(14(20)22-16-12(18)6-7-13(16)19)15-11(17)5-4-10-3-2-8-21-10/h2-5,8-9H,6-7H2,1H3,(H,15,17). The maximum absolute atomic E-state index is 11.7. The van der Waals surface area contributed by atoms with Gasteiger partial charge in [-0.2, -0.15) is 0 Å². The normalized spacial score (nSPS) is 16.1. The zero-order chi connectivity index (χ0) is 16.1. The summed E-state index contributed by atoms with van der Waals surface area (Å²) in [4.78, 5) is 50.7. The van der Waals surface area contributed by atoms with Crippen LogP contribution in [0.5, 0.6) is 0 Å². The molecule has 0 radical (unpaired) electrons. The van der Waals surface area contributed by atoms with Crippen molar-refractivity contribution in [3.05, 3.63) is 30.2 Å². The van der Waals surface area contributed by atoms with Crippen molar-refractivity contribution in [2.24, 2.45) is 0 Å². The number of amides is 3. The molecular formula is C14H14N2O6. The van der Waals surface area contributed by atoms with Gasteiger partial charge in [0.1, 0.15) is 11.8 Å². The van der Waals surface area contributed by atoms with Crippen molar-refractivity contribution in [3.8, 4) is 0 Å². The molecule has 1 aliphatic heterocycles. The zero-order valence-electron chi connectivity index (χ0n) is 11.8. The van der Waals surface area contributed by atoms with Gasteiger partial charge in [-0.3, -0.25) is 14.4 Å². The Kier molecular flexibility index (Phi) is 4.72. The van der Waals surface area contributed by atoms with E-state index in [1.54, 1.807) is 12.1 Å². The second-order valence-corrected chi connectivity index (χ2v) is 4.57. The third kappa shape index (κ3) is 3.81. The molecule has 3 amide bonds. The van der Waals surface area contributed by atoms with Gasteiger partial charge < -0.3 is 14.6 Å². The summed E-state index contributed by atoms with van der Waals surface area (Å²) in [6.07, 6.45) is 4.11. The third-order valence-corrected chi connectivity index (χ3v) is 2.84. The number of hydroxylamine groups is 2. The molecule has 0 bridgehead atoms. The van der Waals surface area contributed by atoms with Gasteiger partial charge in [-0.05, 0) is 25.1 Å². The summed E-state index contributed by atoms with van der Waals surface area (Å²) in [5.74, 6) is -2.11. The zero-order valence-corrected chi connectivity index (χ0v) is 11.8. The van der Waals surface area contributed by atoms with Crippen LogP contribution in [0.2, 0.25) is 0 Å². The Labute approximate surface area is 125 Å². The summed E-state index contributed by atoms with van der Waals surface area (Å²) in [5.41, 5.74) is 0. The number of furan rings is 1. The quantitative estimate of drug-likeness (QED) is 0.623. The van der Waals surface area contributed by atoms with E-state index in [9.17, 15) is 19.2 Å². The van der Waals surface area contributed by atoms with Gasteiger partial charge in [0.2, 0.25) is 5.91 Å². The van der Waals surface area contributed by atoms with E-state index < -0.39 is 29.7 Å². The predicted molar refractivity (Wildman–Crippen MR) is 72.5 cm³/mol. The largest absolute Gasteiger partial charge is 0.465 e. The van der Waals surface area contributed by atoms with Crippen LogP contribution in [0.3, 0.4) is 0 Å². The van der Waals surface area contributed by atoms with Gasteiger partial charge in [-0.15, -0.1) is 5.06 Å².